The molecular formula is C42H77N3O11. The highest BCUT2D eigenvalue weighted by atomic mass is 16.6. The monoisotopic (exact) mass is 800 g/mol. The second-order valence-corrected chi connectivity index (χ2v) is 16.1. The fourth-order valence-corrected chi connectivity index (χ4v) is 5.93. The van der Waals surface area contributed by atoms with Crippen LogP contribution >= 0.6 is 0 Å². The number of aliphatic hydroxyl groups excluding tert-OH is 1. The summed E-state index contributed by atoms with van der Waals surface area (Å²) in [5, 5.41) is 25.1. The molecule has 14 heteroatoms. The van der Waals surface area contributed by atoms with E-state index in [1.165, 1.54) is 0 Å². The molecule has 3 amide bonds. The van der Waals surface area contributed by atoms with Gasteiger partial charge in [0.05, 0.1) is 31.8 Å². The molecule has 0 radical (unpaired) electrons. The molecule has 0 bridgehead atoms. The number of esters is 3. The Balaban J connectivity index is 6.02. The zero-order valence-electron chi connectivity index (χ0n) is 35.8. The molecule has 0 aromatic rings. The summed E-state index contributed by atoms with van der Waals surface area (Å²) < 4.78 is 17.2. The van der Waals surface area contributed by atoms with Crippen molar-refractivity contribution in [3.8, 4) is 0 Å². The maximum absolute atomic E-state index is 13.8. The van der Waals surface area contributed by atoms with E-state index in [1.807, 2.05) is 34.6 Å². The van der Waals surface area contributed by atoms with Crippen molar-refractivity contribution in [1.82, 2.24) is 10.6 Å². The lowest BCUT2D eigenvalue weighted by Gasteiger charge is -2.25. The Morgan fingerprint density at radius 3 is 1.45 bits per heavy atom. The lowest BCUT2D eigenvalue weighted by Crippen LogP contribution is -2.45. The number of carbonyl (C=O) groups is 6. The molecule has 0 heterocycles. The predicted molar refractivity (Wildman–Crippen MR) is 215 cm³/mol. The Labute approximate surface area is 336 Å². The Morgan fingerprint density at radius 2 is 1.00 bits per heavy atom. The molecule has 56 heavy (non-hydrogen) atoms. The lowest BCUT2D eigenvalue weighted by molar-refractivity contribution is -0.162. The van der Waals surface area contributed by atoms with Gasteiger partial charge in [-0.15, -0.1) is 0 Å². The van der Waals surface area contributed by atoms with E-state index in [9.17, 15) is 39.0 Å². The number of carboxylic acids is 1. The summed E-state index contributed by atoms with van der Waals surface area (Å²) in [4.78, 5) is 76.2. The van der Waals surface area contributed by atoms with Crippen LogP contribution in [0, 0.1) is 23.7 Å². The van der Waals surface area contributed by atoms with Crippen molar-refractivity contribution in [3.05, 3.63) is 0 Å². The van der Waals surface area contributed by atoms with Crippen LogP contribution in [0.1, 0.15) is 171 Å². The topological polar surface area (TPSA) is 221 Å². The molecule has 0 rings (SSSR count). The van der Waals surface area contributed by atoms with E-state index >= 15 is 0 Å². The van der Waals surface area contributed by atoms with Crippen LogP contribution in [-0.2, 0) is 38.2 Å². The van der Waals surface area contributed by atoms with Crippen LogP contribution in [0.25, 0.3) is 0 Å². The van der Waals surface area contributed by atoms with Gasteiger partial charge in [-0.3, -0.25) is 19.2 Å². The smallest absolute Gasteiger partial charge is 0.328 e. The third kappa shape index (κ3) is 27.2. The normalized spacial score (nSPS) is 16.2. The number of ether oxygens (including phenoxy) is 3. The molecule has 9 unspecified atom stereocenters. The fraction of sp³-hybridized carbons (Fsp3) is 0.857. The van der Waals surface area contributed by atoms with E-state index in [0.29, 0.717) is 62.7 Å². The van der Waals surface area contributed by atoms with E-state index in [1.54, 1.807) is 0 Å². The van der Waals surface area contributed by atoms with Crippen molar-refractivity contribution in [2.45, 2.75) is 201 Å². The van der Waals surface area contributed by atoms with Crippen LogP contribution in [0.15, 0.2) is 0 Å². The first-order chi connectivity index (χ1) is 26.4. The van der Waals surface area contributed by atoms with E-state index in [-0.39, 0.29) is 51.0 Å². The molecule has 0 aromatic heterocycles. The first-order valence-electron chi connectivity index (χ1n) is 21.2. The molecule has 326 valence electrons. The summed E-state index contributed by atoms with van der Waals surface area (Å²) in [6.07, 6.45) is 4.01. The van der Waals surface area contributed by atoms with Crippen molar-refractivity contribution >= 4 is 35.8 Å². The van der Waals surface area contributed by atoms with Gasteiger partial charge < -0.3 is 40.8 Å². The molecule has 0 spiro atoms. The molecule has 0 aliphatic heterocycles. The van der Waals surface area contributed by atoms with Gasteiger partial charge in [-0.25, -0.2) is 9.59 Å². The molecule has 0 aromatic carbocycles. The zero-order chi connectivity index (χ0) is 42.6. The summed E-state index contributed by atoms with van der Waals surface area (Å²) in [7, 11) is 0. The molecule has 0 saturated carbocycles. The first-order valence-corrected chi connectivity index (χ1v) is 21.2. The van der Waals surface area contributed by atoms with E-state index in [0.717, 1.165) is 32.1 Å². The largest absolute Gasteiger partial charge is 0.481 e. The Hall–Kier alpha value is -3.42. The number of nitrogens with two attached hydrogens (primary N) is 1. The Kier molecular flexibility index (Phi) is 28.8. The third-order valence-electron chi connectivity index (χ3n) is 10.8. The van der Waals surface area contributed by atoms with Crippen molar-refractivity contribution in [2.75, 3.05) is 6.54 Å². The molecule has 0 saturated heterocycles. The Bertz CT molecular complexity index is 1150. The first kappa shape index (κ1) is 52.6. The molecule has 0 aliphatic carbocycles. The highest BCUT2D eigenvalue weighted by molar-refractivity contribution is 5.85. The zero-order valence-corrected chi connectivity index (χ0v) is 35.8. The molecule has 0 fully saturated rings. The van der Waals surface area contributed by atoms with Crippen molar-refractivity contribution < 1.29 is 53.2 Å². The second-order valence-electron chi connectivity index (χ2n) is 16.1. The van der Waals surface area contributed by atoms with Crippen LogP contribution in [0.3, 0.4) is 0 Å². The van der Waals surface area contributed by atoms with Crippen LogP contribution in [0.4, 0.5) is 4.79 Å². The van der Waals surface area contributed by atoms with Gasteiger partial charge in [0.1, 0.15) is 24.4 Å². The van der Waals surface area contributed by atoms with E-state index in [4.69, 9.17) is 19.9 Å². The second kappa shape index (κ2) is 30.7. The summed E-state index contributed by atoms with van der Waals surface area (Å²) in [5.74, 6) is -2.35. The summed E-state index contributed by atoms with van der Waals surface area (Å²) >= 11 is 0. The number of aliphatic carboxylic acids is 1. The average Bonchev–Trinajstić information content (AvgIpc) is 3.13. The Morgan fingerprint density at radius 1 is 0.571 bits per heavy atom. The number of aliphatic hydroxyl groups is 1. The maximum atomic E-state index is 13.8. The number of primary amides is 1. The van der Waals surface area contributed by atoms with Gasteiger partial charge in [-0.05, 0) is 87.9 Å². The lowest BCUT2D eigenvalue weighted by atomic mass is 9.98. The van der Waals surface area contributed by atoms with E-state index < -0.39 is 66.3 Å². The number of carbonyl (C=O) groups excluding carboxylic acids is 5. The number of hydrogen-bond acceptors (Lipinski definition) is 10. The van der Waals surface area contributed by atoms with Crippen LogP contribution in [-0.4, -0.2) is 83.0 Å². The van der Waals surface area contributed by atoms with Gasteiger partial charge in [0, 0.05) is 6.54 Å². The number of nitrogens with one attached hydrogen (secondary N) is 2. The molecular weight excluding hydrogens is 722 g/mol. The average molecular weight is 800 g/mol. The highest BCUT2D eigenvalue weighted by Gasteiger charge is 2.30. The van der Waals surface area contributed by atoms with Crippen LogP contribution in [0.5, 0.6) is 0 Å². The number of rotatable bonds is 33. The van der Waals surface area contributed by atoms with Crippen molar-refractivity contribution in [2.24, 2.45) is 29.4 Å². The molecule has 9 atom stereocenters. The minimum absolute atomic E-state index is 0.0728. The van der Waals surface area contributed by atoms with Crippen molar-refractivity contribution in [1.29, 1.82) is 0 Å². The predicted octanol–water partition coefficient (Wildman–Crippen LogP) is 6.97. The SMILES string of the molecule is CCC(C)CCC(O)CC(=O)OC(CCC(C)CC)CC(=O)NC(CCCNC(N)=O)C(=O)OC(CCC(C)CC)CC(=O)OC(CCC(C)CC)CC(=O)O. The number of urea groups is 1. The van der Waals surface area contributed by atoms with Crippen LogP contribution in [0.2, 0.25) is 0 Å². The maximum Gasteiger partial charge on any atom is 0.328 e. The highest BCUT2D eigenvalue weighted by Crippen LogP contribution is 2.22. The van der Waals surface area contributed by atoms with Gasteiger partial charge in [0.25, 0.3) is 0 Å². The molecule has 14 nitrogen and oxygen atoms in total. The number of hydrogen-bond donors (Lipinski definition) is 5. The van der Waals surface area contributed by atoms with Crippen LogP contribution < -0.4 is 16.4 Å². The summed E-state index contributed by atoms with van der Waals surface area (Å²) in [6.45, 7) is 16.6. The quantitative estimate of drug-likeness (QED) is 0.0259. The minimum Gasteiger partial charge on any atom is -0.481 e. The van der Waals surface area contributed by atoms with Gasteiger partial charge in [-0.1, -0.05) is 81.1 Å². The van der Waals surface area contributed by atoms with E-state index in [2.05, 4.69) is 31.4 Å². The third-order valence-corrected chi connectivity index (χ3v) is 10.8. The van der Waals surface area contributed by atoms with Crippen molar-refractivity contribution in [3.63, 3.8) is 0 Å². The number of carboxylic acid groups (broad SMARTS) is 1. The van der Waals surface area contributed by atoms with Gasteiger partial charge >= 0.3 is 29.9 Å². The summed E-state index contributed by atoms with van der Waals surface area (Å²) in [6, 6.07) is -1.90. The minimum atomic E-state index is -1.16. The molecule has 0 aliphatic rings. The fourth-order valence-electron chi connectivity index (χ4n) is 5.93. The van der Waals surface area contributed by atoms with Gasteiger partial charge in [0.15, 0.2) is 0 Å². The summed E-state index contributed by atoms with van der Waals surface area (Å²) in [5.41, 5.74) is 5.21. The number of amides is 3. The van der Waals surface area contributed by atoms with Gasteiger partial charge in [0.2, 0.25) is 5.91 Å². The standard InChI is InChI=1S/C42H77N3O11/c1-9-28(5)15-19-32(46)24-39(50)54-33(20-16-29(6)10-2)25-37(47)45-36(14-13-23-44-42(43)53)41(52)56-35(22-18-31(8)12-4)27-40(51)55-34(26-38(48)49)21-17-30(7)11-3/h28-36,46H,9-27H2,1-8H3,(H,45,47)(H,48,49)(H3,43,44,53). The van der Waals surface area contributed by atoms with Gasteiger partial charge in [-0.2, -0.15) is 0 Å². The molecule has 6 N–H and O–H groups in total.